The number of hydrogen-bond donors (Lipinski definition) is 2. The van der Waals surface area contributed by atoms with Crippen LogP contribution in [0.1, 0.15) is 21.9 Å². The van der Waals surface area contributed by atoms with Crippen LogP contribution < -0.4 is 11.1 Å². The molecule has 1 aromatic carbocycles. The molecule has 5 heteroatoms. The van der Waals surface area contributed by atoms with Gasteiger partial charge in [-0.3, -0.25) is 4.79 Å². The fraction of sp³-hybridized carbons (Fsp3) is 0.214. The fourth-order valence-corrected chi connectivity index (χ4v) is 1.71. The number of hydrogen-bond acceptors (Lipinski definition) is 3. The molecule has 0 unspecified atom stereocenters. The van der Waals surface area contributed by atoms with E-state index in [1.807, 2.05) is 0 Å². The van der Waals surface area contributed by atoms with E-state index in [0.29, 0.717) is 24.3 Å². The van der Waals surface area contributed by atoms with Crippen LogP contribution >= 0.6 is 0 Å². The largest absolute Gasteiger partial charge is 0.455 e. The number of benzene rings is 1. The summed E-state index contributed by atoms with van der Waals surface area (Å²) < 4.78 is 18.6. The van der Waals surface area contributed by atoms with Crippen molar-refractivity contribution in [2.45, 2.75) is 13.0 Å². The second kappa shape index (κ2) is 6.15. The molecule has 0 saturated carbocycles. The molecule has 0 aliphatic heterocycles. The van der Waals surface area contributed by atoms with Gasteiger partial charge in [-0.25, -0.2) is 4.39 Å². The van der Waals surface area contributed by atoms with E-state index < -0.39 is 0 Å². The molecule has 0 spiro atoms. The molecule has 2 rings (SSSR count). The van der Waals surface area contributed by atoms with Gasteiger partial charge in [0.05, 0.1) is 6.54 Å². The highest BCUT2D eigenvalue weighted by Gasteiger charge is 2.10. The van der Waals surface area contributed by atoms with E-state index in [1.54, 1.807) is 30.3 Å². The summed E-state index contributed by atoms with van der Waals surface area (Å²) >= 11 is 0. The van der Waals surface area contributed by atoms with Crippen LogP contribution in [-0.4, -0.2) is 12.5 Å². The molecule has 1 heterocycles. The summed E-state index contributed by atoms with van der Waals surface area (Å²) in [6, 6.07) is 9.72. The molecule has 0 atom stereocenters. The Balaban J connectivity index is 1.86. The van der Waals surface area contributed by atoms with Gasteiger partial charge in [-0.1, -0.05) is 18.2 Å². The number of nitrogens with one attached hydrogen (secondary N) is 1. The summed E-state index contributed by atoms with van der Waals surface area (Å²) in [6.07, 6.45) is 0.433. The molecule has 2 aromatic rings. The fourth-order valence-electron chi connectivity index (χ4n) is 1.71. The molecule has 3 N–H and O–H groups in total. The molecule has 0 bridgehead atoms. The zero-order valence-electron chi connectivity index (χ0n) is 10.4. The third-order valence-electron chi connectivity index (χ3n) is 2.72. The van der Waals surface area contributed by atoms with Gasteiger partial charge in [-0.05, 0) is 30.2 Å². The third-order valence-corrected chi connectivity index (χ3v) is 2.72. The lowest BCUT2D eigenvalue weighted by atomic mass is 10.1. The maximum Gasteiger partial charge on any atom is 0.287 e. The number of rotatable bonds is 5. The standard InChI is InChI=1S/C14H15FN2O2/c15-12-4-2-1-3-10(12)7-8-17-14(18)13-6-5-11(9-16)19-13/h1-6H,7-9,16H2,(H,17,18). The van der Waals surface area contributed by atoms with Crippen LogP contribution in [0.4, 0.5) is 4.39 Å². The maximum atomic E-state index is 13.3. The van der Waals surface area contributed by atoms with Crippen molar-refractivity contribution in [2.24, 2.45) is 5.73 Å². The number of carbonyl (C=O) groups is 1. The highest BCUT2D eigenvalue weighted by molar-refractivity contribution is 5.91. The minimum Gasteiger partial charge on any atom is -0.455 e. The van der Waals surface area contributed by atoms with Crippen LogP contribution in [0.15, 0.2) is 40.8 Å². The van der Waals surface area contributed by atoms with E-state index in [1.165, 1.54) is 6.07 Å². The number of amides is 1. The first kappa shape index (κ1) is 13.3. The van der Waals surface area contributed by atoms with Crippen LogP contribution in [0, 0.1) is 5.82 Å². The molecule has 100 valence electrons. The van der Waals surface area contributed by atoms with Crippen LogP contribution in [-0.2, 0) is 13.0 Å². The summed E-state index contributed by atoms with van der Waals surface area (Å²) in [7, 11) is 0. The molecule has 1 aromatic heterocycles. The van der Waals surface area contributed by atoms with Gasteiger partial charge in [-0.2, -0.15) is 0 Å². The van der Waals surface area contributed by atoms with Crippen molar-refractivity contribution in [2.75, 3.05) is 6.54 Å². The Morgan fingerprint density at radius 2 is 2.05 bits per heavy atom. The molecule has 0 aliphatic carbocycles. The van der Waals surface area contributed by atoms with E-state index in [-0.39, 0.29) is 24.0 Å². The summed E-state index contributed by atoms with van der Waals surface area (Å²) in [5, 5.41) is 2.67. The number of furan rings is 1. The minimum absolute atomic E-state index is 0.217. The molecule has 4 nitrogen and oxygen atoms in total. The molecule has 0 aliphatic rings. The zero-order chi connectivity index (χ0) is 13.7. The summed E-state index contributed by atoms with van der Waals surface area (Å²) in [6.45, 7) is 0.598. The molecule has 1 amide bonds. The second-order valence-corrected chi connectivity index (χ2v) is 4.07. The lowest BCUT2D eigenvalue weighted by Crippen LogP contribution is -2.25. The number of nitrogens with two attached hydrogens (primary N) is 1. The van der Waals surface area contributed by atoms with Gasteiger partial charge in [0.25, 0.3) is 5.91 Å². The first-order chi connectivity index (χ1) is 9.20. The molecule has 0 saturated heterocycles. The Bertz CT molecular complexity index is 566. The number of halogens is 1. The SMILES string of the molecule is NCc1ccc(C(=O)NCCc2ccccc2F)o1. The van der Waals surface area contributed by atoms with Gasteiger partial charge in [0, 0.05) is 6.54 Å². The lowest BCUT2D eigenvalue weighted by molar-refractivity contribution is 0.0924. The van der Waals surface area contributed by atoms with Gasteiger partial charge in [0.1, 0.15) is 11.6 Å². The van der Waals surface area contributed by atoms with E-state index in [4.69, 9.17) is 10.2 Å². The Hall–Kier alpha value is -2.14. The van der Waals surface area contributed by atoms with Gasteiger partial charge in [0.15, 0.2) is 5.76 Å². The Kier molecular flexibility index (Phi) is 4.30. The van der Waals surface area contributed by atoms with Crippen molar-refractivity contribution in [1.29, 1.82) is 0 Å². The van der Waals surface area contributed by atoms with Gasteiger partial charge >= 0.3 is 0 Å². The van der Waals surface area contributed by atoms with Gasteiger partial charge in [-0.15, -0.1) is 0 Å². The predicted octanol–water partition coefficient (Wildman–Crippen LogP) is 1.85. The highest BCUT2D eigenvalue weighted by atomic mass is 19.1. The van der Waals surface area contributed by atoms with Crippen LogP contribution in [0.25, 0.3) is 0 Å². The van der Waals surface area contributed by atoms with Crippen molar-refractivity contribution in [1.82, 2.24) is 5.32 Å². The smallest absolute Gasteiger partial charge is 0.287 e. The summed E-state index contributed by atoms with van der Waals surface area (Å²) in [5.41, 5.74) is 5.96. The van der Waals surface area contributed by atoms with E-state index in [0.717, 1.165) is 0 Å². The van der Waals surface area contributed by atoms with Gasteiger partial charge < -0.3 is 15.5 Å². The maximum absolute atomic E-state index is 13.3. The highest BCUT2D eigenvalue weighted by Crippen LogP contribution is 2.08. The lowest BCUT2D eigenvalue weighted by Gasteiger charge is -2.04. The quantitative estimate of drug-likeness (QED) is 0.864. The Morgan fingerprint density at radius 1 is 1.26 bits per heavy atom. The first-order valence-electron chi connectivity index (χ1n) is 6.01. The number of carbonyl (C=O) groups excluding carboxylic acids is 1. The average molecular weight is 262 g/mol. The zero-order valence-corrected chi connectivity index (χ0v) is 10.4. The predicted molar refractivity (Wildman–Crippen MR) is 69.0 cm³/mol. The first-order valence-corrected chi connectivity index (χ1v) is 6.01. The molecule has 0 fully saturated rings. The van der Waals surface area contributed by atoms with Crippen molar-refractivity contribution in [3.05, 3.63) is 59.3 Å². The minimum atomic E-state index is -0.323. The van der Waals surface area contributed by atoms with E-state index in [2.05, 4.69) is 5.32 Å². The van der Waals surface area contributed by atoms with E-state index in [9.17, 15) is 9.18 Å². The van der Waals surface area contributed by atoms with Gasteiger partial charge in [0.2, 0.25) is 0 Å². The van der Waals surface area contributed by atoms with Crippen molar-refractivity contribution in [3.63, 3.8) is 0 Å². The van der Waals surface area contributed by atoms with Crippen LogP contribution in [0.5, 0.6) is 0 Å². The Morgan fingerprint density at radius 3 is 2.74 bits per heavy atom. The van der Waals surface area contributed by atoms with Crippen LogP contribution in [0.2, 0.25) is 0 Å². The average Bonchev–Trinajstić information content (AvgIpc) is 2.90. The summed E-state index contributed by atoms with van der Waals surface area (Å²) in [5.74, 6) is 0.185. The Labute approximate surface area is 110 Å². The van der Waals surface area contributed by atoms with Crippen molar-refractivity contribution < 1.29 is 13.6 Å². The van der Waals surface area contributed by atoms with Crippen molar-refractivity contribution in [3.8, 4) is 0 Å². The third kappa shape index (κ3) is 3.42. The molecule has 19 heavy (non-hydrogen) atoms. The summed E-state index contributed by atoms with van der Waals surface area (Å²) in [4.78, 5) is 11.7. The topological polar surface area (TPSA) is 68.3 Å². The monoisotopic (exact) mass is 262 g/mol. The van der Waals surface area contributed by atoms with E-state index >= 15 is 0 Å². The molecule has 0 radical (unpaired) electrons. The normalized spacial score (nSPS) is 10.4. The van der Waals surface area contributed by atoms with Crippen LogP contribution in [0.3, 0.4) is 0 Å². The second-order valence-electron chi connectivity index (χ2n) is 4.07. The molecular weight excluding hydrogens is 247 g/mol. The molecular formula is C14H15FN2O2. The van der Waals surface area contributed by atoms with Crippen molar-refractivity contribution >= 4 is 5.91 Å².